The number of Topliss-reactive ketones (excluding diaryl/α,β-unsaturated/α-hetero) is 1. The van der Waals surface area contributed by atoms with E-state index in [1.165, 1.54) is 6.07 Å². The van der Waals surface area contributed by atoms with Crippen molar-refractivity contribution in [2.75, 3.05) is 5.33 Å². The number of benzene rings is 1. The lowest BCUT2D eigenvalue weighted by Gasteiger charge is -2.05. The maximum absolute atomic E-state index is 13.5. The fourth-order valence-corrected chi connectivity index (χ4v) is 1.37. The highest BCUT2D eigenvalue weighted by atomic mass is 79.9. The van der Waals surface area contributed by atoms with E-state index in [-0.39, 0.29) is 16.7 Å². The van der Waals surface area contributed by atoms with Crippen molar-refractivity contribution >= 4 is 21.7 Å². The second-order valence-electron chi connectivity index (χ2n) is 2.93. The molecule has 0 aliphatic heterocycles. The molecule has 1 rings (SSSR count). The van der Waals surface area contributed by atoms with Gasteiger partial charge in [0.15, 0.2) is 5.78 Å². The summed E-state index contributed by atoms with van der Waals surface area (Å²) in [5.74, 6) is -0.620. The lowest BCUT2D eigenvalue weighted by molar-refractivity contribution is 0.102. The zero-order valence-electron chi connectivity index (χ0n) is 7.53. The zero-order valence-corrected chi connectivity index (χ0v) is 9.11. The van der Waals surface area contributed by atoms with Crippen LogP contribution in [0.4, 0.5) is 4.39 Å². The quantitative estimate of drug-likeness (QED) is 0.578. The van der Waals surface area contributed by atoms with Crippen LogP contribution in [0, 0.1) is 19.7 Å². The van der Waals surface area contributed by atoms with Crippen LogP contribution < -0.4 is 0 Å². The van der Waals surface area contributed by atoms with Crippen LogP contribution in [0.3, 0.4) is 0 Å². The van der Waals surface area contributed by atoms with E-state index in [2.05, 4.69) is 15.9 Å². The molecule has 0 atom stereocenters. The molecule has 0 aliphatic carbocycles. The molecule has 0 aromatic heterocycles. The average molecular weight is 245 g/mol. The summed E-state index contributed by atoms with van der Waals surface area (Å²) in [5.41, 5.74) is 1.58. The van der Waals surface area contributed by atoms with Gasteiger partial charge in [-0.15, -0.1) is 0 Å². The van der Waals surface area contributed by atoms with Gasteiger partial charge in [0, 0.05) is 0 Å². The number of hydrogen-bond acceptors (Lipinski definition) is 1. The van der Waals surface area contributed by atoms with E-state index < -0.39 is 5.82 Å². The Morgan fingerprint density at radius 2 is 2.08 bits per heavy atom. The van der Waals surface area contributed by atoms with Gasteiger partial charge in [-0.25, -0.2) is 4.39 Å². The molecule has 0 saturated carbocycles. The fourth-order valence-electron chi connectivity index (χ4n) is 1.07. The smallest absolute Gasteiger partial charge is 0.176 e. The minimum Gasteiger partial charge on any atom is -0.293 e. The van der Waals surface area contributed by atoms with Gasteiger partial charge in [-0.3, -0.25) is 4.79 Å². The van der Waals surface area contributed by atoms with Gasteiger partial charge in [0.1, 0.15) is 5.82 Å². The molecule has 0 aliphatic rings. The number of carbonyl (C=O) groups is 1. The summed E-state index contributed by atoms with van der Waals surface area (Å²) in [4.78, 5) is 11.2. The third-order valence-electron chi connectivity index (χ3n) is 2.08. The van der Waals surface area contributed by atoms with Gasteiger partial charge in [-0.05, 0) is 31.0 Å². The van der Waals surface area contributed by atoms with Crippen LogP contribution in [0.1, 0.15) is 21.5 Å². The number of rotatable bonds is 2. The molecule has 0 heterocycles. The molecule has 0 fully saturated rings. The molecule has 0 radical (unpaired) electrons. The molecule has 1 nitrogen and oxygen atoms in total. The third kappa shape index (κ3) is 1.97. The lowest BCUT2D eigenvalue weighted by atomic mass is 10.0. The van der Waals surface area contributed by atoms with Gasteiger partial charge >= 0.3 is 0 Å². The fraction of sp³-hybridized carbons (Fsp3) is 0.300. The largest absolute Gasteiger partial charge is 0.293 e. The molecule has 0 saturated heterocycles. The molecule has 70 valence electrons. The SMILES string of the molecule is Cc1ccc(C(=O)CBr)c(F)c1C. The van der Waals surface area contributed by atoms with Crippen molar-refractivity contribution < 1.29 is 9.18 Å². The number of hydrogen-bond donors (Lipinski definition) is 0. The van der Waals surface area contributed by atoms with Crippen molar-refractivity contribution in [3.8, 4) is 0 Å². The second kappa shape index (κ2) is 4.01. The van der Waals surface area contributed by atoms with Crippen LogP contribution in [-0.4, -0.2) is 11.1 Å². The first-order chi connectivity index (χ1) is 6.07. The first-order valence-electron chi connectivity index (χ1n) is 3.92. The van der Waals surface area contributed by atoms with Gasteiger partial charge in [-0.1, -0.05) is 22.0 Å². The molecule has 0 bridgehead atoms. The van der Waals surface area contributed by atoms with Gasteiger partial charge in [0.25, 0.3) is 0 Å². The zero-order chi connectivity index (χ0) is 10.0. The van der Waals surface area contributed by atoms with Gasteiger partial charge in [0.2, 0.25) is 0 Å². The summed E-state index contributed by atoms with van der Waals surface area (Å²) in [6.45, 7) is 3.50. The van der Waals surface area contributed by atoms with Gasteiger partial charge < -0.3 is 0 Å². The summed E-state index contributed by atoms with van der Waals surface area (Å²) >= 11 is 3.01. The van der Waals surface area contributed by atoms with E-state index in [0.717, 1.165) is 5.56 Å². The standard InChI is InChI=1S/C10H10BrFO/c1-6-3-4-8(9(13)5-11)10(12)7(6)2/h3-4H,5H2,1-2H3. The number of alkyl halides is 1. The maximum atomic E-state index is 13.5. The van der Waals surface area contributed by atoms with E-state index >= 15 is 0 Å². The van der Waals surface area contributed by atoms with E-state index in [1.807, 2.05) is 6.92 Å². The topological polar surface area (TPSA) is 17.1 Å². The average Bonchev–Trinajstić information content (AvgIpc) is 2.13. The van der Waals surface area contributed by atoms with Crippen molar-refractivity contribution in [2.45, 2.75) is 13.8 Å². The summed E-state index contributed by atoms with van der Waals surface area (Å²) < 4.78 is 13.5. The Bertz CT molecular complexity index is 347. The number of aryl methyl sites for hydroxylation is 1. The predicted molar refractivity (Wildman–Crippen MR) is 54.0 cm³/mol. The van der Waals surface area contributed by atoms with Crippen LogP contribution in [0.2, 0.25) is 0 Å². The molecule has 0 N–H and O–H groups in total. The molecular formula is C10H10BrFO. The van der Waals surface area contributed by atoms with Crippen molar-refractivity contribution in [1.29, 1.82) is 0 Å². The third-order valence-corrected chi connectivity index (χ3v) is 2.59. The normalized spacial score (nSPS) is 10.2. The van der Waals surface area contributed by atoms with Crippen LogP contribution in [0.25, 0.3) is 0 Å². The summed E-state index contributed by atoms with van der Waals surface area (Å²) in [6.07, 6.45) is 0. The molecule has 3 heteroatoms. The Balaban J connectivity index is 3.26. The molecule has 0 spiro atoms. The minimum absolute atomic E-state index is 0.159. The second-order valence-corrected chi connectivity index (χ2v) is 3.49. The Morgan fingerprint density at radius 3 is 2.62 bits per heavy atom. The first-order valence-corrected chi connectivity index (χ1v) is 5.05. The Morgan fingerprint density at radius 1 is 1.46 bits per heavy atom. The Hall–Kier alpha value is -0.700. The van der Waals surface area contributed by atoms with E-state index in [0.29, 0.717) is 5.56 Å². The van der Waals surface area contributed by atoms with E-state index in [1.54, 1.807) is 13.0 Å². The van der Waals surface area contributed by atoms with Crippen LogP contribution in [0.5, 0.6) is 0 Å². The molecule has 13 heavy (non-hydrogen) atoms. The van der Waals surface area contributed by atoms with Crippen molar-refractivity contribution in [3.05, 3.63) is 34.6 Å². The summed E-state index contributed by atoms with van der Waals surface area (Å²) in [7, 11) is 0. The highest BCUT2D eigenvalue weighted by Gasteiger charge is 2.12. The maximum Gasteiger partial charge on any atom is 0.176 e. The Labute approximate surface area is 85.1 Å². The summed E-state index contributed by atoms with van der Waals surface area (Å²) in [6, 6.07) is 3.29. The van der Waals surface area contributed by atoms with Crippen molar-refractivity contribution in [1.82, 2.24) is 0 Å². The number of halogens is 2. The van der Waals surface area contributed by atoms with Crippen molar-refractivity contribution in [2.24, 2.45) is 0 Å². The van der Waals surface area contributed by atoms with Crippen LogP contribution >= 0.6 is 15.9 Å². The van der Waals surface area contributed by atoms with Crippen LogP contribution in [-0.2, 0) is 0 Å². The first kappa shape index (κ1) is 10.4. The molecule has 1 aromatic carbocycles. The lowest BCUT2D eigenvalue weighted by Crippen LogP contribution is -2.05. The number of carbonyl (C=O) groups excluding carboxylic acids is 1. The minimum atomic E-state index is -0.399. The molecule has 0 unspecified atom stereocenters. The van der Waals surface area contributed by atoms with E-state index in [9.17, 15) is 9.18 Å². The van der Waals surface area contributed by atoms with Gasteiger partial charge in [-0.2, -0.15) is 0 Å². The summed E-state index contributed by atoms with van der Waals surface area (Å²) in [5, 5.41) is 0.159. The highest BCUT2D eigenvalue weighted by Crippen LogP contribution is 2.17. The van der Waals surface area contributed by atoms with E-state index in [4.69, 9.17) is 0 Å². The van der Waals surface area contributed by atoms with Crippen LogP contribution in [0.15, 0.2) is 12.1 Å². The molecule has 1 aromatic rings. The molecular weight excluding hydrogens is 235 g/mol. The van der Waals surface area contributed by atoms with Crippen molar-refractivity contribution in [3.63, 3.8) is 0 Å². The van der Waals surface area contributed by atoms with Gasteiger partial charge in [0.05, 0.1) is 10.9 Å². The molecule has 0 amide bonds. The Kier molecular flexibility index (Phi) is 3.20. The predicted octanol–water partition coefficient (Wildman–Crippen LogP) is 3.02. The monoisotopic (exact) mass is 244 g/mol. The highest BCUT2D eigenvalue weighted by molar-refractivity contribution is 9.09. The number of ketones is 1.